The second-order valence-corrected chi connectivity index (χ2v) is 9.33. The lowest BCUT2D eigenvalue weighted by molar-refractivity contribution is 0.235. The van der Waals surface area contributed by atoms with Crippen LogP contribution in [0.25, 0.3) is 10.9 Å². The minimum Gasteiger partial charge on any atom is -0.493 e. The summed E-state index contributed by atoms with van der Waals surface area (Å²) in [7, 11) is 1.60. The monoisotopic (exact) mass is 476 g/mol. The number of anilines is 2. The van der Waals surface area contributed by atoms with Crippen LogP contribution in [0.4, 0.5) is 15.9 Å². The maximum Gasteiger partial charge on any atom is 0.166 e. The summed E-state index contributed by atoms with van der Waals surface area (Å²) in [5, 5.41) is 0.966. The smallest absolute Gasteiger partial charge is 0.166 e. The van der Waals surface area contributed by atoms with Crippen LogP contribution in [-0.2, 0) is 0 Å². The molecular weight excluding hydrogens is 454 g/mol. The van der Waals surface area contributed by atoms with E-state index in [4.69, 9.17) is 38.4 Å². The molecule has 2 aliphatic rings. The van der Waals surface area contributed by atoms with Crippen molar-refractivity contribution in [2.75, 3.05) is 37.4 Å². The van der Waals surface area contributed by atoms with Gasteiger partial charge in [-0.1, -0.05) is 23.2 Å². The second kappa shape index (κ2) is 8.45. The van der Waals surface area contributed by atoms with Crippen molar-refractivity contribution in [2.45, 2.75) is 12.8 Å². The minimum absolute atomic E-state index is 0.0103. The van der Waals surface area contributed by atoms with Crippen LogP contribution in [0.1, 0.15) is 12.8 Å². The molecule has 0 spiro atoms. The summed E-state index contributed by atoms with van der Waals surface area (Å²) in [5.41, 5.74) is 7.19. The summed E-state index contributed by atoms with van der Waals surface area (Å²) in [6.07, 6.45) is 3.51. The van der Waals surface area contributed by atoms with Gasteiger partial charge in [-0.3, -0.25) is 0 Å². The fraction of sp³-hybridized carbons (Fsp3) is 0.391. The molecule has 1 saturated heterocycles. The summed E-state index contributed by atoms with van der Waals surface area (Å²) >= 11 is 11.9. The zero-order valence-electron chi connectivity index (χ0n) is 17.5. The Morgan fingerprint density at radius 2 is 1.88 bits per heavy atom. The number of benzene rings is 2. The minimum atomic E-state index is -0.438. The number of nitrogens with two attached hydrogens (primary N) is 1. The molecule has 5 rings (SSSR count). The van der Waals surface area contributed by atoms with Crippen LogP contribution in [-0.4, -0.2) is 36.8 Å². The van der Waals surface area contributed by atoms with Crippen LogP contribution in [0.3, 0.4) is 0 Å². The molecule has 0 bridgehead atoms. The number of nitrogens with zero attached hydrogens (tertiary/aromatic N) is 3. The third kappa shape index (κ3) is 3.77. The molecule has 1 aliphatic carbocycles. The molecule has 2 aromatic carbocycles. The van der Waals surface area contributed by atoms with Gasteiger partial charge in [-0.05, 0) is 48.8 Å². The Bertz CT molecular complexity index is 1160. The van der Waals surface area contributed by atoms with E-state index < -0.39 is 5.82 Å². The van der Waals surface area contributed by atoms with Crippen molar-refractivity contribution in [3.63, 3.8) is 0 Å². The number of ether oxygens (including phenoxy) is 2. The second-order valence-electron chi connectivity index (χ2n) is 8.55. The summed E-state index contributed by atoms with van der Waals surface area (Å²) < 4.78 is 26.2. The molecule has 168 valence electrons. The van der Waals surface area contributed by atoms with Gasteiger partial charge in [0.2, 0.25) is 0 Å². The first-order valence-electron chi connectivity index (χ1n) is 10.5. The maximum atomic E-state index is 14.6. The highest BCUT2D eigenvalue weighted by Gasteiger charge is 2.41. The van der Waals surface area contributed by atoms with Gasteiger partial charge in [-0.2, -0.15) is 0 Å². The zero-order valence-corrected chi connectivity index (χ0v) is 19.0. The predicted octanol–water partition coefficient (Wildman–Crippen LogP) is 5.21. The summed E-state index contributed by atoms with van der Waals surface area (Å²) in [4.78, 5) is 10.4. The van der Waals surface area contributed by atoms with Crippen molar-refractivity contribution < 1.29 is 13.9 Å². The van der Waals surface area contributed by atoms with Crippen molar-refractivity contribution in [3.8, 4) is 11.5 Å². The third-order valence-corrected chi connectivity index (χ3v) is 7.41. The average molecular weight is 477 g/mol. The van der Waals surface area contributed by atoms with Gasteiger partial charge in [0.05, 0.1) is 35.0 Å². The quantitative estimate of drug-likeness (QED) is 0.509. The molecule has 9 heteroatoms. The van der Waals surface area contributed by atoms with Gasteiger partial charge in [0.1, 0.15) is 12.1 Å². The number of methoxy groups -OCH3 is 1. The fourth-order valence-electron chi connectivity index (χ4n) is 5.08. The van der Waals surface area contributed by atoms with Crippen molar-refractivity contribution >= 4 is 45.6 Å². The highest BCUT2D eigenvalue weighted by molar-refractivity contribution is 6.42. The number of nitrogen functional groups attached to an aromatic ring is 1. The van der Waals surface area contributed by atoms with E-state index in [1.54, 1.807) is 19.2 Å². The first kappa shape index (κ1) is 21.3. The molecule has 1 aromatic heterocycles. The average Bonchev–Trinajstić information content (AvgIpc) is 3.34. The molecule has 2 N–H and O–H groups in total. The SMILES string of the molecule is COc1cc2c(N)ncnc2cc1OCC1CC2CN(c3ccc(Cl)c(Cl)c3F)CC2C1. The van der Waals surface area contributed by atoms with Crippen LogP contribution < -0.4 is 20.1 Å². The van der Waals surface area contributed by atoms with Gasteiger partial charge in [0, 0.05) is 24.5 Å². The predicted molar refractivity (Wildman–Crippen MR) is 124 cm³/mol. The number of hydrogen-bond donors (Lipinski definition) is 1. The molecule has 6 nitrogen and oxygen atoms in total. The van der Waals surface area contributed by atoms with Crippen LogP contribution in [0.15, 0.2) is 30.6 Å². The number of aromatic nitrogens is 2. The summed E-state index contributed by atoms with van der Waals surface area (Å²) in [6, 6.07) is 7.03. The molecule has 0 amide bonds. The van der Waals surface area contributed by atoms with Crippen molar-refractivity contribution in [1.82, 2.24) is 9.97 Å². The van der Waals surface area contributed by atoms with Gasteiger partial charge in [0.15, 0.2) is 17.3 Å². The van der Waals surface area contributed by atoms with Crippen molar-refractivity contribution in [1.29, 1.82) is 0 Å². The molecule has 32 heavy (non-hydrogen) atoms. The van der Waals surface area contributed by atoms with E-state index in [0.29, 0.717) is 47.4 Å². The lowest BCUT2D eigenvalue weighted by Gasteiger charge is -2.22. The van der Waals surface area contributed by atoms with E-state index in [-0.39, 0.29) is 10.0 Å². The van der Waals surface area contributed by atoms with Crippen molar-refractivity contribution in [2.24, 2.45) is 17.8 Å². The zero-order chi connectivity index (χ0) is 22.4. The summed E-state index contributed by atoms with van der Waals surface area (Å²) in [5.74, 6) is 2.67. The first-order chi connectivity index (χ1) is 15.4. The lowest BCUT2D eigenvalue weighted by Crippen LogP contribution is -2.23. The topological polar surface area (TPSA) is 73.5 Å². The van der Waals surface area contributed by atoms with Gasteiger partial charge < -0.3 is 20.1 Å². The highest BCUT2D eigenvalue weighted by Crippen LogP contribution is 2.45. The van der Waals surface area contributed by atoms with E-state index >= 15 is 0 Å². The molecule has 2 unspecified atom stereocenters. The van der Waals surface area contributed by atoms with Gasteiger partial charge >= 0.3 is 0 Å². The molecule has 3 aromatic rings. The normalized spacial score (nSPS) is 22.4. The van der Waals surface area contributed by atoms with Gasteiger partial charge in [-0.25, -0.2) is 14.4 Å². The van der Waals surface area contributed by atoms with Gasteiger partial charge in [0.25, 0.3) is 0 Å². The molecule has 0 radical (unpaired) electrons. The lowest BCUT2D eigenvalue weighted by atomic mass is 10.0. The van der Waals surface area contributed by atoms with Crippen LogP contribution >= 0.6 is 23.2 Å². The molecule has 2 fully saturated rings. The molecule has 2 heterocycles. The third-order valence-electron chi connectivity index (χ3n) is 6.63. The summed E-state index contributed by atoms with van der Waals surface area (Å²) in [6.45, 7) is 2.22. The van der Waals surface area contributed by atoms with Crippen LogP contribution in [0, 0.1) is 23.6 Å². The Hall–Kier alpha value is -2.51. The Labute approximate surface area is 195 Å². The molecular formula is C23H23Cl2FN4O2. The Morgan fingerprint density at radius 3 is 2.59 bits per heavy atom. The number of fused-ring (bicyclic) bond motifs is 2. The number of rotatable bonds is 5. The van der Waals surface area contributed by atoms with E-state index in [9.17, 15) is 4.39 Å². The van der Waals surface area contributed by atoms with E-state index in [0.717, 1.165) is 36.8 Å². The van der Waals surface area contributed by atoms with E-state index in [1.807, 2.05) is 12.1 Å². The Kier molecular flexibility index (Phi) is 5.63. The maximum absolute atomic E-state index is 14.6. The van der Waals surface area contributed by atoms with Crippen molar-refractivity contribution in [3.05, 3.63) is 46.5 Å². The van der Waals surface area contributed by atoms with Gasteiger partial charge in [-0.15, -0.1) is 0 Å². The fourth-order valence-corrected chi connectivity index (χ4v) is 5.39. The highest BCUT2D eigenvalue weighted by atomic mass is 35.5. The molecule has 2 atom stereocenters. The Morgan fingerprint density at radius 1 is 1.12 bits per heavy atom. The standard InChI is InChI=1S/C23H23Cl2FN4O2/c1-31-19-6-15-17(28-11-29-23(15)27)7-20(19)32-10-12-4-13-8-30(9-14(13)5-12)18-3-2-16(24)21(25)22(18)26/h2-3,6-7,11-14H,4-5,8-10H2,1H3,(H2,27,28,29). The number of hydrogen-bond acceptors (Lipinski definition) is 6. The number of halogens is 3. The van der Waals surface area contributed by atoms with Crippen LogP contribution in [0.5, 0.6) is 11.5 Å². The Balaban J connectivity index is 1.24. The molecule has 1 aliphatic heterocycles. The largest absolute Gasteiger partial charge is 0.493 e. The first-order valence-corrected chi connectivity index (χ1v) is 11.3. The molecule has 1 saturated carbocycles. The van der Waals surface area contributed by atoms with E-state index in [1.165, 1.54) is 6.33 Å². The van der Waals surface area contributed by atoms with Crippen LogP contribution in [0.2, 0.25) is 10.0 Å². The van der Waals surface area contributed by atoms with E-state index in [2.05, 4.69) is 14.9 Å².